The van der Waals surface area contributed by atoms with E-state index < -0.39 is 0 Å². The van der Waals surface area contributed by atoms with Crippen LogP contribution in [0.15, 0.2) is 18.6 Å². The van der Waals surface area contributed by atoms with Gasteiger partial charge in [-0.3, -0.25) is 9.78 Å². The average Bonchev–Trinajstić information content (AvgIpc) is 2.70. The van der Waals surface area contributed by atoms with Gasteiger partial charge in [-0.05, 0) is 38.3 Å². The van der Waals surface area contributed by atoms with Crippen molar-refractivity contribution in [3.05, 3.63) is 24.3 Å². The molecule has 2 saturated heterocycles. The summed E-state index contributed by atoms with van der Waals surface area (Å²) in [6.45, 7) is 2.90. The van der Waals surface area contributed by atoms with Crippen LogP contribution in [0.2, 0.25) is 0 Å². The first-order valence-corrected chi connectivity index (χ1v) is 7.14. The lowest BCUT2D eigenvalue weighted by atomic mass is 9.89. The van der Waals surface area contributed by atoms with E-state index in [0.717, 1.165) is 32.5 Å². The average molecular weight is 260 g/mol. The van der Waals surface area contributed by atoms with Gasteiger partial charge >= 0.3 is 0 Å². The Labute approximate surface area is 113 Å². The maximum atomic E-state index is 12.6. The molecule has 5 heteroatoms. The van der Waals surface area contributed by atoms with Crippen LogP contribution in [0.5, 0.6) is 0 Å². The predicted octanol–water partition coefficient (Wildman–Crippen LogP) is 1.08. The van der Waals surface area contributed by atoms with Crippen LogP contribution < -0.4 is 5.32 Å². The summed E-state index contributed by atoms with van der Waals surface area (Å²) in [5.74, 6) is 0.642. The Hall–Kier alpha value is -1.49. The van der Waals surface area contributed by atoms with Crippen LogP contribution in [-0.4, -0.2) is 46.5 Å². The van der Waals surface area contributed by atoms with Crippen molar-refractivity contribution in [2.75, 3.05) is 19.6 Å². The summed E-state index contributed by atoms with van der Waals surface area (Å²) in [6.07, 6.45) is 9.35. The fraction of sp³-hybridized carbons (Fsp3) is 0.643. The molecule has 3 heterocycles. The second kappa shape index (κ2) is 5.65. The molecule has 2 aliphatic heterocycles. The fourth-order valence-electron chi connectivity index (χ4n) is 3.28. The van der Waals surface area contributed by atoms with Crippen LogP contribution in [0.25, 0.3) is 0 Å². The predicted molar refractivity (Wildman–Crippen MR) is 71.7 cm³/mol. The Morgan fingerprint density at radius 2 is 2.26 bits per heavy atom. The minimum atomic E-state index is 0.0481. The Kier molecular flexibility index (Phi) is 3.73. The molecule has 1 amide bonds. The van der Waals surface area contributed by atoms with Gasteiger partial charge in [-0.2, -0.15) is 0 Å². The number of rotatable bonds is 1. The smallest absolute Gasteiger partial charge is 0.274 e. The van der Waals surface area contributed by atoms with E-state index >= 15 is 0 Å². The van der Waals surface area contributed by atoms with E-state index in [9.17, 15) is 4.79 Å². The normalized spacial score (nSPS) is 27.5. The fourth-order valence-corrected chi connectivity index (χ4v) is 3.28. The van der Waals surface area contributed by atoms with Gasteiger partial charge in [0.2, 0.25) is 0 Å². The molecular formula is C14H20N4O. The molecule has 102 valence electrons. The molecule has 0 saturated carbocycles. The number of hydrogen-bond acceptors (Lipinski definition) is 4. The first-order chi connectivity index (χ1) is 9.36. The summed E-state index contributed by atoms with van der Waals surface area (Å²) in [5, 5.41) is 3.45. The molecular weight excluding hydrogens is 240 g/mol. The van der Waals surface area contributed by atoms with Gasteiger partial charge < -0.3 is 10.2 Å². The lowest BCUT2D eigenvalue weighted by Crippen LogP contribution is -2.51. The van der Waals surface area contributed by atoms with E-state index in [1.54, 1.807) is 18.6 Å². The van der Waals surface area contributed by atoms with E-state index in [2.05, 4.69) is 15.3 Å². The summed E-state index contributed by atoms with van der Waals surface area (Å²) in [6, 6.07) is 0.373. The van der Waals surface area contributed by atoms with Crippen molar-refractivity contribution in [3.8, 4) is 0 Å². The first kappa shape index (κ1) is 12.5. The molecule has 0 spiro atoms. The molecule has 2 atom stereocenters. The summed E-state index contributed by atoms with van der Waals surface area (Å²) in [7, 11) is 0. The van der Waals surface area contributed by atoms with Gasteiger partial charge in [0.05, 0.1) is 6.20 Å². The highest BCUT2D eigenvalue weighted by Gasteiger charge is 2.34. The van der Waals surface area contributed by atoms with Gasteiger partial charge in [0.1, 0.15) is 5.69 Å². The van der Waals surface area contributed by atoms with Crippen molar-refractivity contribution < 1.29 is 4.79 Å². The second-order valence-electron chi connectivity index (χ2n) is 5.41. The maximum Gasteiger partial charge on any atom is 0.274 e. The highest BCUT2D eigenvalue weighted by molar-refractivity contribution is 5.92. The van der Waals surface area contributed by atoms with E-state index in [4.69, 9.17) is 0 Å². The number of nitrogens with zero attached hydrogens (tertiary/aromatic N) is 3. The lowest BCUT2D eigenvalue weighted by Gasteiger charge is -2.38. The summed E-state index contributed by atoms with van der Waals surface area (Å²) in [5.41, 5.74) is 0.474. The molecule has 0 unspecified atom stereocenters. The Balaban J connectivity index is 1.82. The maximum absolute atomic E-state index is 12.6. The van der Waals surface area contributed by atoms with E-state index in [-0.39, 0.29) is 5.91 Å². The van der Waals surface area contributed by atoms with Crippen molar-refractivity contribution in [2.45, 2.75) is 31.7 Å². The Morgan fingerprint density at radius 3 is 3.11 bits per heavy atom. The first-order valence-electron chi connectivity index (χ1n) is 7.14. The van der Waals surface area contributed by atoms with Crippen molar-refractivity contribution in [3.63, 3.8) is 0 Å². The van der Waals surface area contributed by atoms with Crippen LogP contribution in [0, 0.1) is 5.92 Å². The molecule has 19 heavy (non-hydrogen) atoms. The van der Waals surface area contributed by atoms with Crippen molar-refractivity contribution in [1.82, 2.24) is 20.2 Å². The third kappa shape index (κ3) is 2.61. The van der Waals surface area contributed by atoms with Gasteiger partial charge in [-0.15, -0.1) is 0 Å². The standard InChI is InChI=1S/C14H20N4O/c19-14(12-10-16-6-7-17-12)18-8-2-1-3-11-9-15-5-4-13(11)18/h6-7,10-11,13,15H,1-5,8-9H2/t11-,13+/m0/s1. The Bertz CT molecular complexity index is 436. The number of amides is 1. The highest BCUT2D eigenvalue weighted by Crippen LogP contribution is 2.27. The molecule has 2 aliphatic rings. The number of nitrogens with one attached hydrogen (secondary N) is 1. The third-order valence-electron chi connectivity index (χ3n) is 4.23. The topological polar surface area (TPSA) is 58.1 Å². The molecule has 0 bridgehead atoms. The molecule has 0 radical (unpaired) electrons. The molecule has 0 aromatic carbocycles. The molecule has 5 nitrogen and oxygen atoms in total. The summed E-state index contributed by atoms with van der Waals surface area (Å²) < 4.78 is 0. The van der Waals surface area contributed by atoms with Gasteiger partial charge in [-0.1, -0.05) is 6.42 Å². The number of carbonyl (C=O) groups excluding carboxylic acids is 1. The zero-order valence-corrected chi connectivity index (χ0v) is 11.1. The number of likely N-dealkylation sites (tertiary alicyclic amines) is 1. The van der Waals surface area contributed by atoms with E-state index in [1.165, 1.54) is 12.8 Å². The lowest BCUT2D eigenvalue weighted by molar-refractivity contribution is 0.0580. The molecule has 0 aliphatic carbocycles. The monoisotopic (exact) mass is 260 g/mol. The van der Waals surface area contributed by atoms with Crippen LogP contribution in [0.3, 0.4) is 0 Å². The third-order valence-corrected chi connectivity index (χ3v) is 4.23. The van der Waals surface area contributed by atoms with Crippen molar-refractivity contribution in [2.24, 2.45) is 5.92 Å². The molecule has 1 aromatic heterocycles. The number of aromatic nitrogens is 2. The molecule has 3 rings (SSSR count). The minimum absolute atomic E-state index is 0.0481. The van der Waals surface area contributed by atoms with Gasteiger partial charge in [0.15, 0.2) is 0 Å². The Morgan fingerprint density at radius 1 is 1.32 bits per heavy atom. The van der Waals surface area contributed by atoms with Crippen LogP contribution in [0.1, 0.15) is 36.2 Å². The van der Waals surface area contributed by atoms with Crippen LogP contribution in [0.4, 0.5) is 0 Å². The largest absolute Gasteiger partial charge is 0.334 e. The van der Waals surface area contributed by atoms with Gasteiger partial charge in [0, 0.05) is 25.0 Å². The summed E-state index contributed by atoms with van der Waals surface area (Å²) in [4.78, 5) is 22.8. The zero-order valence-electron chi connectivity index (χ0n) is 11.1. The van der Waals surface area contributed by atoms with Gasteiger partial charge in [-0.25, -0.2) is 4.98 Å². The second-order valence-corrected chi connectivity index (χ2v) is 5.41. The minimum Gasteiger partial charge on any atom is -0.334 e. The van der Waals surface area contributed by atoms with Crippen molar-refractivity contribution in [1.29, 1.82) is 0 Å². The molecule has 2 fully saturated rings. The van der Waals surface area contributed by atoms with E-state index in [1.807, 2.05) is 4.90 Å². The SMILES string of the molecule is O=C(c1cnccn1)N1CCCC[C@H]2CNCC[C@H]21. The quantitative estimate of drug-likeness (QED) is 0.821. The summed E-state index contributed by atoms with van der Waals surface area (Å²) >= 11 is 0. The molecule has 1 N–H and O–H groups in total. The number of hydrogen-bond donors (Lipinski definition) is 1. The van der Waals surface area contributed by atoms with Crippen LogP contribution in [-0.2, 0) is 0 Å². The van der Waals surface area contributed by atoms with Crippen LogP contribution >= 0.6 is 0 Å². The number of piperidine rings is 1. The number of carbonyl (C=O) groups is 1. The number of fused-ring (bicyclic) bond motifs is 1. The zero-order chi connectivity index (χ0) is 13.1. The molecule has 1 aromatic rings. The van der Waals surface area contributed by atoms with Gasteiger partial charge in [0.25, 0.3) is 5.91 Å². The highest BCUT2D eigenvalue weighted by atomic mass is 16.2. The van der Waals surface area contributed by atoms with E-state index in [0.29, 0.717) is 17.7 Å². The van der Waals surface area contributed by atoms with Crippen molar-refractivity contribution >= 4 is 5.91 Å².